The molecule has 0 atom stereocenters. The minimum Gasteiger partial charge on any atom is -0.510 e. The first-order valence-corrected chi connectivity index (χ1v) is 9.45. The third kappa shape index (κ3) is 4.17. The number of hydrogen-bond acceptors (Lipinski definition) is 7. The average molecular weight is 387 g/mol. The molecule has 1 aliphatic rings. The van der Waals surface area contributed by atoms with Gasteiger partial charge in [-0.25, -0.2) is 9.78 Å². The highest BCUT2D eigenvalue weighted by atomic mass is 32.1. The molecule has 0 amide bonds. The maximum absolute atomic E-state index is 12.0. The summed E-state index contributed by atoms with van der Waals surface area (Å²) in [6.07, 6.45) is 0. The third-order valence-corrected chi connectivity index (χ3v) is 4.99. The molecule has 0 bridgehead atoms. The summed E-state index contributed by atoms with van der Waals surface area (Å²) < 4.78 is 10.3. The van der Waals surface area contributed by atoms with E-state index in [2.05, 4.69) is 4.98 Å². The van der Waals surface area contributed by atoms with Crippen molar-refractivity contribution in [2.24, 2.45) is 0 Å². The largest absolute Gasteiger partial charge is 0.510 e. The number of aromatic nitrogens is 1. The zero-order valence-corrected chi connectivity index (χ0v) is 16.0. The fourth-order valence-electron chi connectivity index (χ4n) is 2.69. The predicted octanol–water partition coefficient (Wildman–Crippen LogP) is 3.41. The van der Waals surface area contributed by atoms with Crippen molar-refractivity contribution in [3.05, 3.63) is 51.7 Å². The Bertz CT molecular complexity index is 873. The number of nitrogens with zero attached hydrogens (tertiary/aromatic N) is 2. The Morgan fingerprint density at radius 1 is 1.33 bits per heavy atom. The molecule has 0 unspecified atom stereocenters. The molecule has 1 aromatic heterocycles. The van der Waals surface area contributed by atoms with Crippen molar-refractivity contribution in [1.82, 2.24) is 4.98 Å². The van der Waals surface area contributed by atoms with Gasteiger partial charge in [-0.05, 0) is 38.1 Å². The number of amidine groups is 1. The number of ether oxygens (including phenoxy) is 2. The summed E-state index contributed by atoms with van der Waals surface area (Å²) in [5.41, 5.74) is 2.44. The molecule has 3 rings (SSSR count). The lowest BCUT2D eigenvalue weighted by atomic mass is 10.2. The first-order chi connectivity index (χ1) is 13.0. The summed E-state index contributed by atoms with van der Waals surface area (Å²) in [7, 11) is 0. The molecule has 8 heteroatoms. The minimum atomic E-state index is -0.419. The standard InChI is InChI=1S/C19H21N3O4S/c1-3-25-8-9-26-19(24)13-4-6-14(7-5-13)22-10-15(23)16(17(22)20)18-21-12(2)11-27-18/h4-7,11,20,23H,3,8-10H2,1-2H3. The lowest BCUT2D eigenvalue weighted by molar-refractivity contribution is 0.0335. The normalized spacial score (nSPS) is 14.1. The number of benzene rings is 1. The molecule has 0 aliphatic carbocycles. The smallest absolute Gasteiger partial charge is 0.338 e. The van der Waals surface area contributed by atoms with Crippen molar-refractivity contribution in [3.63, 3.8) is 0 Å². The second kappa shape index (κ2) is 8.32. The molecule has 2 N–H and O–H groups in total. The number of aliphatic hydroxyl groups excluding tert-OH is 1. The van der Waals surface area contributed by atoms with E-state index in [1.165, 1.54) is 11.3 Å². The topological polar surface area (TPSA) is 95.7 Å². The van der Waals surface area contributed by atoms with Crippen molar-refractivity contribution in [1.29, 1.82) is 5.41 Å². The molecule has 142 valence electrons. The van der Waals surface area contributed by atoms with E-state index >= 15 is 0 Å². The van der Waals surface area contributed by atoms with E-state index < -0.39 is 5.97 Å². The SMILES string of the molecule is CCOCCOC(=O)c1ccc(N2CC(O)=C(c3nc(C)cs3)C2=N)cc1. The highest BCUT2D eigenvalue weighted by Gasteiger charge is 2.31. The number of aryl methyl sites for hydroxylation is 1. The van der Waals surface area contributed by atoms with Crippen molar-refractivity contribution in [2.75, 3.05) is 31.3 Å². The zero-order valence-electron chi connectivity index (χ0n) is 15.2. The van der Waals surface area contributed by atoms with E-state index in [1.807, 2.05) is 19.2 Å². The molecule has 0 spiro atoms. The molecule has 2 aromatic rings. The van der Waals surface area contributed by atoms with Crippen molar-refractivity contribution in [3.8, 4) is 0 Å². The first-order valence-electron chi connectivity index (χ1n) is 8.57. The van der Waals surface area contributed by atoms with Crippen molar-refractivity contribution in [2.45, 2.75) is 13.8 Å². The molecule has 0 fully saturated rings. The molecule has 7 nitrogen and oxygen atoms in total. The summed E-state index contributed by atoms with van der Waals surface area (Å²) >= 11 is 1.40. The van der Waals surface area contributed by atoms with Crippen LogP contribution in [0.15, 0.2) is 35.4 Å². The van der Waals surface area contributed by atoms with E-state index in [9.17, 15) is 9.90 Å². The van der Waals surface area contributed by atoms with Crippen molar-refractivity contribution >= 4 is 34.4 Å². The minimum absolute atomic E-state index is 0.119. The average Bonchev–Trinajstić information content (AvgIpc) is 3.21. The van der Waals surface area contributed by atoms with Crippen LogP contribution < -0.4 is 4.90 Å². The molecule has 27 heavy (non-hydrogen) atoms. The summed E-state index contributed by atoms with van der Waals surface area (Å²) in [5, 5.41) is 21.2. The fourth-order valence-corrected chi connectivity index (χ4v) is 3.56. The van der Waals surface area contributed by atoms with Gasteiger partial charge in [0.05, 0.1) is 24.3 Å². The number of carbonyl (C=O) groups excluding carboxylic acids is 1. The molecule has 2 heterocycles. The van der Waals surface area contributed by atoms with Gasteiger partial charge in [-0.2, -0.15) is 0 Å². The number of hydrogen-bond donors (Lipinski definition) is 2. The highest BCUT2D eigenvalue weighted by molar-refractivity contribution is 7.11. The maximum atomic E-state index is 12.0. The van der Waals surface area contributed by atoms with Crippen LogP contribution in [0.4, 0.5) is 5.69 Å². The van der Waals surface area contributed by atoms with Gasteiger partial charge < -0.3 is 19.5 Å². The van der Waals surface area contributed by atoms with Gasteiger partial charge >= 0.3 is 5.97 Å². The van der Waals surface area contributed by atoms with Gasteiger partial charge in [0.2, 0.25) is 0 Å². The van der Waals surface area contributed by atoms with E-state index in [4.69, 9.17) is 14.9 Å². The molecule has 0 radical (unpaired) electrons. The number of thiazole rings is 1. The fraction of sp³-hybridized carbons (Fsp3) is 0.316. The van der Waals surface area contributed by atoms with Gasteiger partial charge in [0.25, 0.3) is 0 Å². The second-order valence-electron chi connectivity index (χ2n) is 5.93. The molecule has 1 aromatic carbocycles. The number of anilines is 1. The number of carbonyl (C=O) groups is 1. The van der Waals surface area contributed by atoms with Crippen LogP contribution in [0.25, 0.3) is 5.57 Å². The first kappa shape index (κ1) is 19.1. The molecular weight excluding hydrogens is 366 g/mol. The van der Waals surface area contributed by atoms with E-state index in [0.29, 0.717) is 35.0 Å². The number of aliphatic hydroxyl groups is 1. The monoisotopic (exact) mass is 387 g/mol. The molecular formula is C19H21N3O4S. The van der Waals surface area contributed by atoms with Crippen LogP contribution in [-0.4, -0.2) is 48.3 Å². The molecule has 1 aliphatic heterocycles. The van der Waals surface area contributed by atoms with Crippen LogP contribution >= 0.6 is 11.3 Å². The van der Waals surface area contributed by atoms with E-state index in [0.717, 1.165) is 5.69 Å². The Balaban J connectivity index is 1.68. The summed E-state index contributed by atoms with van der Waals surface area (Å²) in [6, 6.07) is 6.76. The zero-order chi connectivity index (χ0) is 19.4. The summed E-state index contributed by atoms with van der Waals surface area (Å²) in [6.45, 7) is 5.11. The van der Waals surface area contributed by atoms with Gasteiger partial charge in [-0.3, -0.25) is 5.41 Å². The maximum Gasteiger partial charge on any atom is 0.338 e. The van der Waals surface area contributed by atoms with Crippen LogP contribution in [0.3, 0.4) is 0 Å². The Kier molecular flexibility index (Phi) is 5.88. The number of rotatable bonds is 7. The van der Waals surface area contributed by atoms with Gasteiger partial charge in [-0.1, -0.05) is 0 Å². The van der Waals surface area contributed by atoms with Crippen LogP contribution in [0.5, 0.6) is 0 Å². The lowest BCUT2D eigenvalue weighted by Gasteiger charge is -2.18. The quantitative estimate of drug-likeness (QED) is 0.558. The van der Waals surface area contributed by atoms with Crippen LogP contribution in [0.2, 0.25) is 0 Å². The van der Waals surface area contributed by atoms with E-state index in [1.54, 1.807) is 29.2 Å². The van der Waals surface area contributed by atoms with E-state index in [-0.39, 0.29) is 24.7 Å². The Labute approximate surface area is 161 Å². The third-order valence-electron chi connectivity index (χ3n) is 4.02. The second-order valence-corrected chi connectivity index (χ2v) is 6.79. The molecule has 0 saturated heterocycles. The predicted molar refractivity (Wildman–Crippen MR) is 105 cm³/mol. The van der Waals surface area contributed by atoms with Crippen LogP contribution in [-0.2, 0) is 9.47 Å². The van der Waals surface area contributed by atoms with Gasteiger partial charge in [0.15, 0.2) is 0 Å². The summed E-state index contributed by atoms with van der Waals surface area (Å²) in [5.74, 6) is -0.111. The van der Waals surface area contributed by atoms with Gasteiger partial charge in [0, 0.05) is 23.4 Å². The van der Waals surface area contributed by atoms with Crippen LogP contribution in [0.1, 0.15) is 28.0 Å². The number of nitrogens with one attached hydrogen (secondary N) is 1. The van der Waals surface area contributed by atoms with Gasteiger partial charge in [0.1, 0.15) is 23.2 Å². The Morgan fingerprint density at radius 2 is 2.07 bits per heavy atom. The number of esters is 1. The van der Waals surface area contributed by atoms with Gasteiger partial charge in [-0.15, -0.1) is 11.3 Å². The highest BCUT2D eigenvalue weighted by Crippen LogP contribution is 2.32. The Hall–Kier alpha value is -2.71. The molecule has 0 saturated carbocycles. The lowest BCUT2D eigenvalue weighted by Crippen LogP contribution is -2.26. The van der Waals surface area contributed by atoms with Crippen LogP contribution in [0, 0.1) is 12.3 Å². The Morgan fingerprint density at radius 3 is 2.70 bits per heavy atom. The summed E-state index contributed by atoms with van der Waals surface area (Å²) in [4.78, 5) is 18.0. The van der Waals surface area contributed by atoms with Crippen molar-refractivity contribution < 1.29 is 19.4 Å².